The van der Waals surface area contributed by atoms with Gasteiger partial charge in [-0.1, -0.05) is 30.3 Å². The number of nitrogens with zero attached hydrogens (tertiary/aromatic N) is 2. The summed E-state index contributed by atoms with van der Waals surface area (Å²) in [6.45, 7) is 0.442. The van der Waals surface area contributed by atoms with E-state index in [4.69, 9.17) is 5.73 Å². The van der Waals surface area contributed by atoms with Crippen molar-refractivity contribution in [3.05, 3.63) is 53.9 Å². The Labute approximate surface area is 112 Å². The van der Waals surface area contributed by atoms with Crippen LogP contribution in [0.4, 0.5) is 0 Å². The van der Waals surface area contributed by atoms with Crippen LogP contribution in [0.5, 0.6) is 0 Å². The van der Waals surface area contributed by atoms with Crippen molar-refractivity contribution in [2.75, 3.05) is 0 Å². The fourth-order valence-electron chi connectivity index (χ4n) is 1.84. The zero-order valence-corrected chi connectivity index (χ0v) is 10.9. The van der Waals surface area contributed by atoms with Crippen LogP contribution >= 0.6 is 0 Å². The Kier molecular flexibility index (Phi) is 4.30. The van der Waals surface area contributed by atoms with Crippen LogP contribution in [0.3, 0.4) is 0 Å². The summed E-state index contributed by atoms with van der Waals surface area (Å²) in [7, 11) is 1.84. The van der Waals surface area contributed by atoms with Gasteiger partial charge in [0, 0.05) is 13.2 Å². The van der Waals surface area contributed by atoms with E-state index < -0.39 is 6.04 Å². The van der Waals surface area contributed by atoms with E-state index in [0.717, 1.165) is 11.3 Å². The van der Waals surface area contributed by atoms with Crippen molar-refractivity contribution in [3.63, 3.8) is 0 Å². The summed E-state index contributed by atoms with van der Waals surface area (Å²) in [6.07, 6.45) is 2.24. The quantitative estimate of drug-likeness (QED) is 0.825. The predicted molar refractivity (Wildman–Crippen MR) is 73.2 cm³/mol. The van der Waals surface area contributed by atoms with Gasteiger partial charge in [0.05, 0.1) is 18.3 Å². The molecule has 0 unspecified atom stereocenters. The summed E-state index contributed by atoms with van der Waals surface area (Å²) in [4.78, 5) is 11.9. The minimum atomic E-state index is -0.532. The van der Waals surface area contributed by atoms with Crippen molar-refractivity contribution in [2.45, 2.75) is 19.0 Å². The molecule has 0 bridgehead atoms. The molecule has 2 rings (SSSR count). The molecular formula is C14H18N4O. The number of hydrogen-bond donors (Lipinski definition) is 2. The fraction of sp³-hybridized carbons (Fsp3) is 0.286. The van der Waals surface area contributed by atoms with Gasteiger partial charge in [-0.2, -0.15) is 5.10 Å². The van der Waals surface area contributed by atoms with E-state index in [0.29, 0.717) is 13.0 Å². The average Bonchev–Trinajstić information content (AvgIpc) is 2.82. The number of aryl methyl sites for hydroxylation is 1. The maximum Gasteiger partial charge on any atom is 0.237 e. The second-order valence-electron chi connectivity index (χ2n) is 4.46. The van der Waals surface area contributed by atoms with Crippen LogP contribution in [-0.2, 0) is 24.8 Å². The van der Waals surface area contributed by atoms with Crippen molar-refractivity contribution in [2.24, 2.45) is 12.8 Å². The molecule has 0 radical (unpaired) electrons. The number of rotatable bonds is 5. The SMILES string of the molecule is Cn1nccc1CNC(=O)[C@H](N)Cc1ccccc1. The lowest BCUT2D eigenvalue weighted by molar-refractivity contribution is -0.122. The van der Waals surface area contributed by atoms with Crippen LogP contribution in [0.25, 0.3) is 0 Å². The van der Waals surface area contributed by atoms with Crippen LogP contribution in [-0.4, -0.2) is 21.7 Å². The van der Waals surface area contributed by atoms with Gasteiger partial charge in [-0.05, 0) is 18.1 Å². The third-order valence-electron chi connectivity index (χ3n) is 3.00. The molecule has 0 spiro atoms. The number of amides is 1. The zero-order chi connectivity index (χ0) is 13.7. The fourth-order valence-corrected chi connectivity index (χ4v) is 1.84. The molecule has 1 aromatic carbocycles. The minimum Gasteiger partial charge on any atom is -0.349 e. The highest BCUT2D eigenvalue weighted by atomic mass is 16.2. The molecule has 0 saturated heterocycles. The first-order valence-electron chi connectivity index (χ1n) is 6.21. The summed E-state index contributed by atoms with van der Waals surface area (Å²) in [6, 6.07) is 11.1. The van der Waals surface area contributed by atoms with Crippen LogP contribution < -0.4 is 11.1 Å². The van der Waals surface area contributed by atoms with Gasteiger partial charge in [-0.3, -0.25) is 9.48 Å². The molecule has 0 aliphatic rings. The zero-order valence-electron chi connectivity index (χ0n) is 10.9. The van der Waals surface area contributed by atoms with Gasteiger partial charge in [0.15, 0.2) is 0 Å². The van der Waals surface area contributed by atoms with Gasteiger partial charge < -0.3 is 11.1 Å². The Morgan fingerprint density at radius 2 is 2.11 bits per heavy atom. The first-order valence-corrected chi connectivity index (χ1v) is 6.21. The number of carbonyl (C=O) groups excluding carboxylic acids is 1. The Morgan fingerprint density at radius 1 is 1.37 bits per heavy atom. The van der Waals surface area contributed by atoms with E-state index >= 15 is 0 Å². The lowest BCUT2D eigenvalue weighted by Crippen LogP contribution is -2.41. The normalized spacial score (nSPS) is 12.1. The van der Waals surface area contributed by atoms with Gasteiger partial charge in [0.2, 0.25) is 5.91 Å². The Balaban J connectivity index is 1.84. The lowest BCUT2D eigenvalue weighted by Gasteiger charge is -2.12. The van der Waals surface area contributed by atoms with Gasteiger partial charge in [-0.15, -0.1) is 0 Å². The molecule has 1 heterocycles. The number of benzene rings is 1. The molecule has 19 heavy (non-hydrogen) atoms. The summed E-state index contributed by atoms with van der Waals surface area (Å²) in [5.74, 6) is -0.148. The molecule has 0 saturated carbocycles. The van der Waals surface area contributed by atoms with Gasteiger partial charge in [-0.25, -0.2) is 0 Å². The third kappa shape index (κ3) is 3.66. The first-order chi connectivity index (χ1) is 9.16. The van der Waals surface area contributed by atoms with E-state index in [1.165, 1.54) is 0 Å². The van der Waals surface area contributed by atoms with Gasteiger partial charge in [0.1, 0.15) is 0 Å². The Bertz CT molecular complexity index is 535. The number of nitrogens with one attached hydrogen (secondary N) is 1. The third-order valence-corrected chi connectivity index (χ3v) is 3.00. The monoisotopic (exact) mass is 258 g/mol. The second kappa shape index (κ2) is 6.15. The van der Waals surface area contributed by atoms with Crippen LogP contribution in [0.15, 0.2) is 42.6 Å². The molecule has 0 fully saturated rings. The number of hydrogen-bond acceptors (Lipinski definition) is 3. The second-order valence-corrected chi connectivity index (χ2v) is 4.46. The summed E-state index contributed by atoms with van der Waals surface area (Å²) in [5.41, 5.74) is 7.90. The van der Waals surface area contributed by atoms with E-state index in [9.17, 15) is 4.79 Å². The van der Waals surface area contributed by atoms with Crippen LogP contribution in [0, 0.1) is 0 Å². The molecule has 3 N–H and O–H groups in total. The molecule has 1 amide bonds. The van der Waals surface area contributed by atoms with E-state index in [1.54, 1.807) is 10.9 Å². The topological polar surface area (TPSA) is 72.9 Å². The molecular weight excluding hydrogens is 240 g/mol. The van der Waals surface area contributed by atoms with Gasteiger partial charge >= 0.3 is 0 Å². The smallest absolute Gasteiger partial charge is 0.237 e. The summed E-state index contributed by atoms with van der Waals surface area (Å²) in [5, 5.41) is 6.86. The van der Waals surface area contributed by atoms with E-state index in [2.05, 4.69) is 10.4 Å². The average molecular weight is 258 g/mol. The first kappa shape index (κ1) is 13.3. The Hall–Kier alpha value is -2.14. The van der Waals surface area contributed by atoms with Gasteiger partial charge in [0.25, 0.3) is 0 Å². The molecule has 1 aromatic heterocycles. The highest BCUT2D eigenvalue weighted by Gasteiger charge is 2.13. The summed E-state index contributed by atoms with van der Waals surface area (Å²) < 4.78 is 1.73. The number of aromatic nitrogens is 2. The molecule has 5 nitrogen and oxygen atoms in total. The van der Waals surface area contributed by atoms with E-state index in [1.807, 2.05) is 43.4 Å². The molecule has 0 aliphatic carbocycles. The molecule has 1 atom stereocenters. The van der Waals surface area contributed by atoms with Crippen molar-refractivity contribution < 1.29 is 4.79 Å². The van der Waals surface area contributed by atoms with Crippen molar-refractivity contribution in [3.8, 4) is 0 Å². The minimum absolute atomic E-state index is 0.148. The molecule has 5 heteroatoms. The van der Waals surface area contributed by atoms with Crippen molar-refractivity contribution in [1.29, 1.82) is 0 Å². The van der Waals surface area contributed by atoms with Crippen LogP contribution in [0.1, 0.15) is 11.3 Å². The molecule has 2 aromatic rings. The molecule has 100 valence electrons. The summed E-state index contributed by atoms with van der Waals surface area (Å²) >= 11 is 0. The maximum absolute atomic E-state index is 11.9. The molecule has 0 aliphatic heterocycles. The highest BCUT2D eigenvalue weighted by molar-refractivity contribution is 5.81. The Morgan fingerprint density at radius 3 is 2.74 bits per heavy atom. The number of carbonyl (C=O) groups is 1. The van der Waals surface area contributed by atoms with E-state index in [-0.39, 0.29) is 5.91 Å². The lowest BCUT2D eigenvalue weighted by atomic mass is 10.1. The maximum atomic E-state index is 11.9. The van der Waals surface area contributed by atoms with Crippen molar-refractivity contribution in [1.82, 2.24) is 15.1 Å². The largest absolute Gasteiger partial charge is 0.349 e. The highest BCUT2D eigenvalue weighted by Crippen LogP contribution is 2.02. The number of nitrogens with two attached hydrogens (primary N) is 1. The van der Waals surface area contributed by atoms with Crippen molar-refractivity contribution >= 4 is 5.91 Å². The predicted octanol–water partition coefficient (Wildman–Crippen LogP) is 0.606. The van der Waals surface area contributed by atoms with Crippen LogP contribution in [0.2, 0.25) is 0 Å². The standard InChI is InChI=1S/C14H18N4O/c1-18-12(7-8-17-18)10-16-14(19)13(15)9-11-5-3-2-4-6-11/h2-8,13H,9-10,15H2,1H3,(H,16,19)/t13-/m1/s1.